The molecule has 1 heterocycles. The van der Waals surface area contributed by atoms with Gasteiger partial charge in [-0.1, -0.05) is 20.4 Å². The molecule has 3 rings (SSSR count). The number of hydrogen-bond acceptors (Lipinski definition) is 5. The van der Waals surface area contributed by atoms with Crippen LogP contribution >= 0.6 is 0 Å². The zero-order chi connectivity index (χ0) is 14.9. The third-order valence-electron chi connectivity index (χ3n) is 5.45. The molecule has 2 fully saturated rings. The highest BCUT2D eigenvalue weighted by Crippen LogP contribution is 2.63. The van der Waals surface area contributed by atoms with E-state index in [0.717, 1.165) is 0 Å². The van der Waals surface area contributed by atoms with Gasteiger partial charge in [0.1, 0.15) is 12.2 Å². The molecule has 0 amide bonds. The van der Waals surface area contributed by atoms with Gasteiger partial charge in [-0.2, -0.15) is 0 Å². The van der Waals surface area contributed by atoms with Crippen molar-refractivity contribution in [3.05, 3.63) is 23.8 Å². The zero-order valence-electron chi connectivity index (χ0n) is 11.7. The van der Waals surface area contributed by atoms with Crippen LogP contribution in [-0.2, 0) is 9.53 Å². The lowest BCUT2D eigenvalue weighted by Gasteiger charge is -2.47. The van der Waals surface area contributed by atoms with E-state index in [1.807, 2.05) is 13.8 Å². The number of hydrogen-bond donors (Lipinski definition) is 3. The fourth-order valence-electron chi connectivity index (χ4n) is 3.89. The average molecular weight is 280 g/mol. The number of ketones is 1. The number of epoxide rings is 1. The van der Waals surface area contributed by atoms with Crippen molar-refractivity contribution in [3.63, 3.8) is 0 Å². The van der Waals surface area contributed by atoms with Crippen LogP contribution in [0.4, 0.5) is 0 Å². The number of rotatable bonds is 2. The van der Waals surface area contributed by atoms with Crippen molar-refractivity contribution >= 4 is 5.78 Å². The Hall–Kier alpha value is -1.01. The minimum atomic E-state index is -1.14. The van der Waals surface area contributed by atoms with E-state index in [4.69, 9.17) is 4.74 Å². The highest BCUT2D eigenvalue weighted by atomic mass is 16.6. The summed E-state index contributed by atoms with van der Waals surface area (Å²) >= 11 is 0. The number of carbonyl (C=O) groups is 1. The normalized spacial score (nSPS) is 50.0. The molecule has 1 aliphatic heterocycles. The molecule has 0 aromatic heterocycles. The van der Waals surface area contributed by atoms with E-state index in [2.05, 4.69) is 6.58 Å². The van der Waals surface area contributed by atoms with Gasteiger partial charge >= 0.3 is 0 Å². The highest BCUT2D eigenvalue weighted by molar-refractivity contribution is 6.05. The molecular weight excluding hydrogens is 260 g/mol. The molecule has 1 saturated heterocycles. The average Bonchev–Trinajstić information content (AvgIpc) is 3.17. The van der Waals surface area contributed by atoms with Crippen LogP contribution in [0.25, 0.3) is 0 Å². The van der Waals surface area contributed by atoms with Crippen molar-refractivity contribution in [2.24, 2.45) is 11.3 Å². The SMILES string of the molecule is C=C(CO)C12OC1C1(C)C(=CC2=O)C(O)C(O)CC1C. The Morgan fingerprint density at radius 3 is 2.80 bits per heavy atom. The minimum absolute atomic E-state index is 0.0543. The molecule has 6 atom stereocenters. The third-order valence-corrected chi connectivity index (χ3v) is 5.45. The van der Waals surface area contributed by atoms with Gasteiger partial charge in [-0.3, -0.25) is 4.79 Å². The van der Waals surface area contributed by atoms with Gasteiger partial charge in [0.15, 0.2) is 11.4 Å². The molecule has 1 saturated carbocycles. The molecule has 2 aliphatic carbocycles. The molecule has 3 aliphatic rings. The number of aliphatic hydroxyl groups is 3. The minimum Gasteiger partial charge on any atom is -0.392 e. The lowest BCUT2D eigenvalue weighted by Crippen LogP contribution is -2.54. The summed E-state index contributed by atoms with van der Waals surface area (Å²) in [5.41, 5.74) is -0.761. The summed E-state index contributed by atoms with van der Waals surface area (Å²) in [4.78, 5) is 12.3. The van der Waals surface area contributed by atoms with Crippen LogP contribution in [0.2, 0.25) is 0 Å². The summed E-state index contributed by atoms with van der Waals surface area (Å²) in [6.07, 6.45) is -0.480. The van der Waals surface area contributed by atoms with E-state index >= 15 is 0 Å². The Balaban J connectivity index is 2.10. The molecule has 0 spiro atoms. The van der Waals surface area contributed by atoms with Crippen LogP contribution in [-0.4, -0.2) is 51.6 Å². The van der Waals surface area contributed by atoms with Crippen LogP contribution < -0.4 is 0 Å². The van der Waals surface area contributed by atoms with E-state index in [0.29, 0.717) is 17.6 Å². The summed E-state index contributed by atoms with van der Waals surface area (Å²) in [5.74, 6) is -0.243. The smallest absolute Gasteiger partial charge is 0.194 e. The van der Waals surface area contributed by atoms with Crippen molar-refractivity contribution in [2.75, 3.05) is 6.61 Å². The van der Waals surface area contributed by atoms with Crippen molar-refractivity contribution in [1.82, 2.24) is 0 Å². The summed E-state index contributed by atoms with van der Waals surface area (Å²) in [5, 5.41) is 29.4. The van der Waals surface area contributed by atoms with E-state index in [9.17, 15) is 20.1 Å². The van der Waals surface area contributed by atoms with Gasteiger partial charge in [-0.05, 0) is 29.6 Å². The second kappa shape index (κ2) is 4.01. The Labute approximate surface area is 117 Å². The number of aliphatic hydroxyl groups excluding tert-OH is 3. The topological polar surface area (TPSA) is 90.3 Å². The molecule has 0 radical (unpaired) electrons. The van der Waals surface area contributed by atoms with Gasteiger partial charge in [-0.25, -0.2) is 0 Å². The molecule has 110 valence electrons. The third kappa shape index (κ3) is 1.39. The van der Waals surface area contributed by atoms with Crippen molar-refractivity contribution < 1.29 is 24.9 Å². The molecule has 0 aromatic rings. The summed E-state index contributed by atoms with van der Waals surface area (Å²) < 4.78 is 5.70. The Morgan fingerprint density at radius 2 is 2.20 bits per heavy atom. The lowest BCUT2D eigenvalue weighted by molar-refractivity contribution is -0.119. The standard InChI is InChI=1S/C15H20O5/c1-7-4-10(17)12(19)9-5-11(18)15(8(2)6-16)13(20-15)14(7,9)3/h5,7,10,12-13,16-17,19H,2,4,6H2,1,3H3. The van der Waals surface area contributed by atoms with Crippen LogP contribution in [0.15, 0.2) is 23.8 Å². The zero-order valence-corrected chi connectivity index (χ0v) is 11.7. The van der Waals surface area contributed by atoms with Crippen LogP contribution in [0, 0.1) is 11.3 Å². The van der Waals surface area contributed by atoms with Gasteiger partial charge in [0.2, 0.25) is 0 Å². The number of fused-ring (bicyclic) bond motifs is 3. The van der Waals surface area contributed by atoms with Gasteiger partial charge in [-0.15, -0.1) is 0 Å². The first kappa shape index (κ1) is 13.9. The van der Waals surface area contributed by atoms with Crippen molar-refractivity contribution in [3.8, 4) is 0 Å². The van der Waals surface area contributed by atoms with Crippen LogP contribution in [0.3, 0.4) is 0 Å². The number of carbonyl (C=O) groups excluding carboxylic acids is 1. The first-order valence-electron chi connectivity index (χ1n) is 6.89. The van der Waals surface area contributed by atoms with E-state index < -0.39 is 29.3 Å². The molecule has 6 unspecified atom stereocenters. The van der Waals surface area contributed by atoms with Crippen LogP contribution in [0.1, 0.15) is 20.3 Å². The molecule has 5 nitrogen and oxygen atoms in total. The fourth-order valence-corrected chi connectivity index (χ4v) is 3.89. The molecule has 20 heavy (non-hydrogen) atoms. The van der Waals surface area contributed by atoms with Gasteiger partial charge in [0, 0.05) is 5.41 Å². The Morgan fingerprint density at radius 1 is 1.55 bits per heavy atom. The monoisotopic (exact) mass is 280 g/mol. The summed E-state index contributed by atoms with van der Waals surface area (Å²) in [6, 6.07) is 0. The second-order valence-electron chi connectivity index (χ2n) is 6.39. The van der Waals surface area contributed by atoms with Crippen molar-refractivity contribution in [1.29, 1.82) is 0 Å². The predicted molar refractivity (Wildman–Crippen MR) is 70.8 cm³/mol. The quantitative estimate of drug-likeness (QED) is 0.487. The van der Waals surface area contributed by atoms with Gasteiger partial charge in [0.25, 0.3) is 0 Å². The lowest BCUT2D eigenvalue weighted by atomic mass is 9.56. The van der Waals surface area contributed by atoms with Crippen LogP contribution in [0.5, 0.6) is 0 Å². The highest BCUT2D eigenvalue weighted by Gasteiger charge is 2.74. The molecule has 0 bridgehead atoms. The first-order chi connectivity index (χ1) is 9.30. The number of ether oxygens (including phenoxy) is 1. The molecule has 0 aromatic carbocycles. The van der Waals surface area contributed by atoms with E-state index in [-0.39, 0.29) is 18.3 Å². The van der Waals surface area contributed by atoms with Gasteiger partial charge in [0.05, 0.1) is 12.7 Å². The Kier molecular flexibility index (Phi) is 2.80. The van der Waals surface area contributed by atoms with Crippen molar-refractivity contribution in [2.45, 2.75) is 44.2 Å². The maximum atomic E-state index is 12.3. The predicted octanol–water partition coefficient (Wildman–Crippen LogP) is -0.0505. The fraction of sp³-hybridized carbons (Fsp3) is 0.667. The maximum Gasteiger partial charge on any atom is 0.194 e. The summed E-state index contributed by atoms with van der Waals surface area (Å²) in [7, 11) is 0. The van der Waals surface area contributed by atoms with E-state index in [1.54, 1.807) is 0 Å². The van der Waals surface area contributed by atoms with E-state index in [1.165, 1.54) is 6.08 Å². The maximum absolute atomic E-state index is 12.3. The van der Waals surface area contributed by atoms with Gasteiger partial charge < -0.3 is 20.1 Å². The summed E-state index contributed by atoms with van der Waals surface area (Å²) in [6.45, 7) is 7.37. The Bertz CT molecular complexity index is 524. The first-order valence-corrected chi connectivity index (χ1v) is 6.89. The molecule has 3 N–H and O–H groups in total. The second-order valence-corrected chi connectivity index (χ2v) is 6.39. The molecular formula is C15H20O5. The molecule has 5 heteroatoms. The largest absolute Gasteiger partial charge is 0.392 e.